The molecular weight excluding hydrogens is 332 g/mol. The molecule has 2 aromatic rings. The number of esters is 1. The Morgan fingerprint density at radius 2 is 1.85 bits per heavy atom. The first-order chi connectivity index (χ1) is 12.7. The largest absolute Gasteiger partial charge is 0.465 e. The number of anilines is 2. The van der Waals surface area contributed by atoms with E-state index >= 15 is 0 Å². The lowest BCUT2D eigenvalue weighted by atomic mass is 9.96. The lowest BCUT2D eigenvalue weighted by molar-refractivity contribution is 0.0602. The van der Waals surface area contributed by atoms with E-state index in [-0.39, 0.29) is 11.3 Å². The van der Waals surface area contributed by atoms with Gasteiger partial charge in [0.15, 0.2) is 0 Å². The molecule has 1 aromatic carbocycles. The second kappa shape index (κ2) is 8.42. The van der Waals surface area contributed by atoms with Crippen molar-refractivity contribution in [2.75, 3.05) is 17.7 Å². The number of para-hydroxylation sites is 1. The minimum absolute atomic E-state index is 0.180. The van der Waals surface area contributed by atoms with Crippen molar-refractivity contribution in [2.45, 2.75) is 38.1 Å². The van der Waals surface area contributed by atoms with Gasteiger partial charge < -0.3 is 15.4 Å². The van der Waals surface area contributed by atoms with Crippen molar-refractivity contribution in [3.8, 4) is 0 Å². The number of carbonyl (C=O) groups excluding carboxylic acids is 2. The monoisotopic (exact) mass is 354 g/mol. The van der Waals surface area contributed by atoms with E-state index in [1.165, 1.54) is 32.6 Å². The first kappa shape index (κ1) is 17.8. The Kier molecular flexibility index (Phi) is 5.78. The average molecular weight is 354 g/mol. The highest BCUT2D eigenvalue weighted by atomic mass is 16.5. The van der Waals surface area contributed by atoms with E-state index in [4.69, 9.17) is 4.74 Å². The highest BCUT2D eigenvalue weighted by Gasteiger charge is 2.16. The standard InChI is InChI=1S/C19H22N4O3/c1-26-19(25)14-9-5-6-10-15(14)23-18(24)16-11-21-17(12-20-16)22-13-7-3-2-4-8-13/h5-6,9-13H,2-4,7-8H2,1H3,(H,21,22)(H,23,24). The molecule has 0 radical (unpaired) electrons. The van der Waals surface area contributed by atoms with Crippen LogP contribution >= 0.6 is 0 Å². The number of amides is 1. The summed E-state index contributed by atoms with van der Waals surface area (Å²) in [4.78, 5) is 32.6. The molecule has 1 aromatic heterocycles. The van der Waals surface area contributed by atoms with Gasteiger partial charge in [0.1, 0.15) is 11.5 Å². The smallest absolute Gasteiger partial charge is 0.339 e. The van der Waals surface area contributed by atoms with Gasteiger partial charge in [0.05, 0.1) is 30.8 Å². The van der Waals surface area contributed by atoms with Crippen LogP contribution in [0.2, 0.25) is 0 Å². The maximum atomic E-state index is 12.4. The molecule has 0 atom stereocenters. The van der Waals surface area contributed by atoms with Crippen LogP contribution in [0.1, 0.15) is 53.0 Å². The fourth-order valence-corrected chi connectivity index (χ4v) is 3.04. The Morgan fingerprint density at radius 1 is 1.08 bits per heavy atom. The minimum atomic E-state index is -0.515. The molecular formula is C19H22N4O3. The van der Waals surface area contributed by atoms with Gasteiger partial charge in [0.2, 0.25) is 0 Å². The summed E-state index contributed by atoms with van der Waals surface area (Å²) in [5, 5.41) is 6.04. The van der Waals surface area contributed by atoms with Crippen LogP contribution in [0.3, 0.4) is 0 Å². The summed E-state index contributed by atoms with van der Waals surface area (Å²) < 4.78 is 4.73. The fraction of sp³-hybridized carbons (Fsp3) is 0.368. The molecule has 7 heteroatoms. The van der Waals surface area contributed by atoms with Crippen molar-refractivity contribution < 1.29 is 14.3 Å². The lowest BCUT2D eigenvalue weighted by Crippen LogP contribution is -2.23. The number of hydrogen-bond donors (Lipinski definition) is 2. The number of carbonyl (C=O) groups is 2. The second-order valence-electron chi connectivity index (χ2n) is 6.26. The van der Waals surface area contributed by atoms with E-state index in [1.807, 2.05) is 0 Å². The summed E-state index contributed by atoms with van der Waals surface area (Å²) in [6, 6.07) is 7.07. The third-order valence-corrected chi connectivity index (χ3v) is 4.42. The molecule has 2 N–H and O–H groups in total. The summed E-state index contributed by atoms with van der Waals surface area (Å²) in [7, 11) is 1.30. The van der Waals surface area contributed by atoms with Gasteiger partial charge in [0.25, 0.3) is 5.91 Å². The van der Waals surface area contributed by atoms with Crippen molar-refractivity contribution in [1.82, 2.24) is 9.97 Å². The number of rotatable bonds is 5. The van der Waals surface area contributed by atoms with Crippen LogP contribution in [0.5, 0.6) is 0 Å². The molecule has 1 aliphatic carbocycles. The van der Waals surface area contributed by atoms with E-state index in [0.29, 0.717) is 17.5 Å². The van der Waals surface area contributed by atoms with Crippen molar-refractivity contribution in [3.05, 3.63) is 47.9 Å². The SMILES string of the molecule is COC(=O)c1ccccc1NC(=O)c1cnc(NC2CCCCC2)cn1. The van der Waals surface area contributed by atoms with Crippen LogP contribution in [0.4, 0.5) is 11.5 Å². The predicted molar refractivity (Wildman–Crippen MR) is 98.3 cm³/mol. The maximum Gasteiger partial charge on any atom is 0.339 e. The van der Waals surface area contributed by atoms with Gasteiger partial charge in [0, 0.05) is 6.04 Å². The number of benzene rings is 1. The van der Waals surface area contributed by atoms with Crippen LogP contribution in [0.15, 0.2) is 36.7 Å². The summed E-state index contributed by atoms with van der Waals surface area (Å²) in [6.07, 6.45) is 9.01. The van der Waals surface area contributed by atoms with Gasteiger partial charge >= 0.3 is 5.97 Å². The van der Waals surface area contributed by atoms with Gasteiger partial charge in [-0.2, -0.15) is 0 Å². The molecule has 7 nitrogen and oxygen atoms in total. The highest BCUT2D eigenvalue weighted by molar-refractivity contribution is 6.06. The Balaban J connectivity index is 1.66. The number of nitrogens with one attached hydrogen (secondary N) is 2. The van der Waals surface area contributed by atoms with Crippen molar-refractivity contribution in [1.29, 1.82) is 0 Å². The highest BCUT2D eigenvalue weighted by Crippen LogP contribution is 2.21. The number of ether oxygens (including phenoxy) is 1. The summed E-state index contributed by atoms with van der Waals surface area (Å²) >= 11 is 0. The molecule has 1 heterocycles. The van der Waals surface area contributed by atoms with Gasteiger partial charge in [-0.1, -0.05) is 31.4 Å². The van der Waals surface area contributed by atoms with E-state index in [1.54, 1.807) is 30.5 Å². The zero-order valence-corrected chi connectivity index (χ0v) is 14.7. The predicted octanol–water partition coefficient (Wildman–Crippen LogP) is 3.26. The van der Waals surface area contributed by atoms with Gasteiger partial charge in [-0.25, -0.2) is 14.8 Å². The van der Waals surface area contributed by atoms with E-state index in [2.05, 4.69) is 20.6 Å². The van der Waals surface area contributed by atoms with Crippen molar-refractivity contribution >= 4 is 23.4 Å². The molecule has 26 heavy (non-hydrogen) atoms. The number of aromatic nitrogens is 2. The first-order valence-corrected chi connectivity index (χ1v) is 8.74. The summed E-state index contributed by atoms with van der Waals surface area (Å²) in [6.45, 7) is 0. The van der Waals surface area contributed by atoms with Crippen LogP contribution in [-0.4, -0.2) is 35.0 Å². The Hall–Kier alpha value is -2.96. The summed E-state index contributed by atoms with van der Waals surface area (Å²) in [5.74, 6) is -0.277. The molecule has 0 aliphatic heterocycles. The molecule has 136 valence electrons. The fourth-order valence-electron chi connectivity index (χ4n) is 3.04. The second-order valence-corrected chi connectivity index (χ2v) is 6.26. The lowest BCUT2D eigenvalue weighted by Gasteiger charge is -2.23. The molecule has 0 saturated heterocycles. The van der Waals surface area contributed by atoms with Gasteiger partial charge in [-0.05, 0) is 25.0 Å². The van der Waals surface area contributed by atoms with E-state index < -0.39 is 11.9 Å². The van der Waals surface area contributed by atoms with Crippen LogP contribution < -0.4 is 10.6 Å². The molecule has 0 bridgehead atoms. The maximum absolute atomic E-state index is 12.4. The van der Waals surface area contributed by atoms with E-state index in [9.17, 15) is 9.59 Å². The quantitative estimate of drug-likeness (QED) is 0.801. The van der Waals surface area contributed by atoms with E-state index in [0.717, 1.165) is 12.8 Å². The Labute approximate surface area is 152 Å². The topological polar surface area (TPSA) is 93.2 Å². The van der Waals surface area contributed by atoms with Crippen LogP contribution in [-0.2, 0) is 4.74 Å². The number of methoxy groups -OCH3 is 1. The average Bonchev–Trinajstić information content (AvgIpc) is 2.69. The van der Waals surface area contributed by atoms with Crippen molar-refractivity contribution in [3.63, 3.8) is 0 Å². The Morgan fingerprint density at radius 3 is 2.54 bits per heavy atom. The third kappa shape index (κ3) is 4.36. The Bertz CT molecular complexity index is 771. The molecule has 0 spiro atoms. The molecule has 1 aliphatic rings. The first-order valence-electron chi connectivity index (χ1n) is 8.74. The normalized spacial score (nSPS) is 14.5. The number of nitrogens with zero attached hydrogens (tertiary/aromatic N) is 2. The molecule has 1 saturated carbocycles. The zero-order chi connectivity index (χ0) is 18.4. The molecule has 3 rings (SSSR count). The van der Waals surface area contributed by atoms with Crippen molar-refractivity contribution in [2.24, 2.45) is 0 Å². The van der Waals surface area contributed by atoms with Crippen LogP contribution in [0, 0.1) is 0 Å². The van der Waals surface area contributed by atoms with Crippen LogP contribution in [0.25, 0.3) is 0 Å². The molecule has 1 fully saturated rings. The summed E-state index contributed by atoms with van der Waals surface area (Å²) in [5.41, 5.74) is 0.835. The third-order valence-electron chi connectivity index (χ3n) is 4.42. The molecule has 1 amide bonds. The molecule has 0 unspecified atom stereocenters. The number of hydrogen-bond acceptors (Lipinski definition) is 6. The van der Waals surface area contributed by atoms with Gasteiger partial charge in [-0.3, -0.25) is 4.79 Å². The zero-order valence-electron chi connectivity index (χ0n) is 14.7. The van der Waals surface area contributed by atoms with Gasteiger partial charge in [-0.15, -0.1) is 0 Å². The minimum Gasteiger partial charge on any atom is -0.465 e.